The van der Waals surface area contributed by atoms with Crippen LogP contribution in [0.2, 0.25) is 0 Å². The number of rotatable bonds is 7. The van der Waals surface area contributed by atoms with Gasteiger partial charge in [-0.1, -0.05) is 18.2 Å². The third-order valence-corrected chi connectivity index (χ3v) is 6.43. The van der Waals surface area contributed by atoms with E-state index in [4.69, 9.17) is 10.7 Å². The van der Waals surface area contributed by atoms with Crippen molar-refractivity contribution in [1.82, 2.24) is 25.1 Å². The summed E-state index contributed by atoms with van der Waals surface area (Å²) in [7, 11) is 3.82. The molecule has 2 amide bonds. The fourth-order valence-electron chi connectivity index (χ4n) is 4.48. The van der Waals surface area contributed by atoms with Crippen molar-refractivity contribution in [2.75, 3.05) is 51.8 Å². The number of aromatic nitrogens is 1. The molecule has 4 rings (SSSR count). The first-order chi connectivity index (χ1) is 16.3. The van der Waals surface area contributed by atoms with Crippen LogP contribution in [0.1, 0.15) is 35.3 Å². The standard InChI is InChI=1S/C25H35N7O2/c1-17(2)32-24-21(14-27-32)20(25(34)31-11-10-30(4)23(33)16-31)13-22(28-24)19-7-5-6-18(12-19)15-29(3)9-8-26/h5-7,12-13,17,27H,8-11,14-16,26H2,1-4H3. The highest BCUT2D eigenvalue weighted by Gasteiger charge is 2.32. The van der Waals surface area contributed by atoms with Gasteiger partial charge in [-0.2, -0.15) is 0 Å². The van der Waals surface area contributed by atoms with Crippen molar-refractivity contribution in [3.63, 3.8) is 0 Å². The molecule has 1 aromatic carbocycles. The lowest BCUT2D eigenvalue weighted by molar-refractivity contribution is -0.133. The number of carbonyl (C=O) groups excluding carboxylic acids is 2. The quantitative estimate of drug-likeness (QED) is 0.636. The predicted molar refractivity (Wildman–Crippen MR) is 133 cm³/mol. The molecule has 9 heteroatoms. The van der Waals surface area contributed by atoms with E-state index in [0.29, 0.717) is 31.7 Å². The molecule has 2 aliphatic rings. The van der Waals surface area contributed by atoms with Crippen LogP contribution in [-0.2, 0) is 17.9 Å². The molecule has 2 aliphatic heterocycles. The minimum atomic E-state index is -0.118. The Balaban J connectivity index is 1.73. The van der Waals surface area contributed by atoms with Crippen molar-refractivity contribution in [2.24, 2.45) is 5.73 Å². The van der Waals surface area contributed by atoms with Crippen molar-refractivity contribution in [3.8, 4) is 11.3 Å². The molecule has 0 unspecified atom stereocenters. The van der Waals surface area contributed by atoms with Gasteiger partial charge in [0.1, 0.15) is 12.4 Å². The maximum atomic E-state index is 13.6. The van der Waals surface area contributed by atoms with Crippen LogP contribution in [0, 0.1) is 0 Å². The minimum absolute atomic E-state index is 0.0400. The molecule has 1 fully saturated rings. The number of nitrogens with two attached hydrogens (primary N) is 1. The largest absolute Gasteiger partial charge is 0.342 e. The molecular weight excluding hydrogens is 430 g/mol. The molecule has 1 saturated heterocycles. The topological polar surface area (TPSA) is 98.0 Å². The summed E-state index contributed by atoms with van der Waals surface area (Å²) >= 11 is 0. The molecule has 0 atom stereocenters. The molecule has 9 nitrogen and oxygen atoms in total. The molecule has 0 saturated carbocycles. The summed E-state index contributed by atoms with van der Waals surface area (Å²) in [6.07, 6.45) is 0. The van der Waals surface area contributed by atoms with Crippen LogP contribution in [0.4, 0.5) is 5.82 Å². The van der Waals surface area contributed by atoms with Crippen LogP contribution in [0.5, 0.6) is 0 Å². The maximum absolute atomic E-state index is 13.6. The van der Waals surface area contributed by atoms with Gasteiger partial charge in [0.2, 0.25) is 5.91 Å². The number of piperazine rings is 1. The van der Waals surface area contributed by atoms with Crippen molar-refractivity contribution in [1.29, 1.82) is 0 Å². The Labute approximate surface area is 201 Å². The monoisotopic (exact) mass is 465 g/mol. The van der Waals surface area contributed by atoms with Crippen molar-refractivity contribution in [3.05, 3.63) is 47.0 Å². The molecule has 34 heavy (non-hydrogen) atoms. The lowest BCUT2D eigenvalue weighted by Crippen LogP contribution is -2.50. The lowest BCUT2D eigenvalue weighted by atomic mass is 10.0. The summed E-state index contributed by atoms with van der Waals surface area (Å²) in [5.74, 6) is 0.622. The van der Waals surface area contributed by atoms with E-state index in [2.05, 4.69) is 36.3 Å². The Hall–Kier alpha value is -3.01. The van der Waals surface area contributed by atoms with Gasteiger partial charge >= 0.3 is 0 Å². The molecule has 0 radical (unpaired) electrons. The van der Waals surface area contributed by atoms with E-state index in [1.54, 1.807) is 16.8 Å². The Morgan fingerprint density at radius 1 is 1.26 bits per heavy atom. The second-order valence-electron chi connectivity index (χ2n) is 9.42. The second-order valence-corrected chi connectivity index (χ2v) is 9.42. The molecule has 3 heterocycles. The normalized spacial score (nSPS) is 16.1. The Bertz CT molecular complexity index is 1070. The average Bonchev–Trinajstić information content (AvgIpc) is 3.24. The molecule has 0 spiro atoms. The number of pyridine rings is 1. The summed E-state index contributed by atoms with van der Waals surface area (Å²) in [6, 6.07) is 10.3. The summed E-state index contributed by atoms with van der Waals surface area (Å²) in [6.45, 7) is 8.09. The van der Waals surface area contributed by atoms with Crippen molar-refractivity contribution >= 4 is 17.6 Å². The van der Waals surface area contributed by atoms with E-state index in [9.17, 15) is 9.59 Å². The predicted octanol–water partition coefficient (Wildman–Crippen LogP) is 1.29. The maximum Gasteiger partial charge on any atom is 0.254 e. The number of hydrogen-bond acceptors (Lipinski definition) is 7. The first-order valence-corrected chi connectivity index (χ1v) is 11.9. The van der Waals surface area contributed by atoms with E-state index >= 15 is 0 Å². The fraction of sp³-hybridized carbons (Fsp3) is 0.480. The third-order valence-electron chi connectivity index (χ3n) is 6.43. The molecule has 1 aromatic heterocycles. The van der Waals surface area contributed by atoms with Crippen LogP contribution < -0.4 is 16.2 Å². The van der Waals surface area contributed by atoms with Gasteiger partial charge in [0, 0.05) is 63.5 Å². The average molecular weight is 466 g/mol. The highest BCUT2D eigenvalue weighted by molar-refractivity contribution is 6.00. The zero-order valence-electron chi connectivity index (χ0n) is 20.5. The van der Waals surface area contributed by atoms with Crippen LogP contribution in [-0.4, -0.2) is 84.4 Å². The summed E-state index contributed by atoms with van der Waals surface area (Å²) in [5.41, 5.74) is 13.4. The second kappa shape index (κ2) is 10.1. The van der Waals surface area contributed by atoms with Gasteiger partial charge in [-0.15, -0.1) is 0 Å². The van der Waals surface area contributed by atoms with Crippen LogP contribution in [0.25, 0.3) is 11.3 Å². The Kier molecular flexibility index (Phi) is 7.16. The van der Waals surface area contributed by atoms with E-state index in [-0.39, 0.29) is 24.4 Å². The molecular formula is C25H35N7O2. The SMILES string of the molecule is CC(C)N1NCc2c(C(=O)N3CCN(C)C(=O)C3)cc(-c3cccc(CN(C)CCN)c3)nc21. The number of fused-ring (bicyclic) bond motifs is 1. The van der Waals surface area contributed by atoms with E-state index < -0.39 is 0 Å². The number of amides is 2. The van der Waals surface area contributed by atoms with E-state index in [0.717, 1.165) is 41.3 Å². The van der Waals surface area contributed by atoms with Gasteiger partial charge in [0.25, 0.3) is 5.91 Å². The van der Waals surface area contributed by atoms with Gasteiger partial charge in [0.05, 0.1) is 11.3 Å². The third kappa shape index (κ3) is 4.91. The smallest absolute Gasteiger partial charge is 0.254 e. The highest BCUT2D eigenvalue weighted by Crippen LogP contribution is 2.33. The fourth-order valence-corrected chi connectivity index (χ4v) is 4.48. The van der Waals surface area contributed by atoms with Gasteiger partial charge < -0.3 is 20.4 Å². The molecule has 0 bridgehead atoms. The molecule has 182 valence electrons. The number of carbonyl (C=O) groups is 2. The summed E-state index contributed by atoms with van der Waals surface area (Å²) < 4.78 is 0. The number of likely N-dealkylation sites (N-methyl/N-ethyl adjacent to an activating group) is 2. The zero-order valence-corrected chi connectivity index (χ0v) is 20.5. The van der Waals surface area contributed by atoms with Crippen molar-refractivity contribution < 1.29 is 9.59 Å². The van der Waals surface area contributed by atoms with E-state index in [1.807, 2.05) is 30.3 Å². The number of hydrogen-bond donors (Lipinski definition) is 2. The molecule has 3 N–H and O–H groups in total. The number of anilines is 1. The number of nitrogens with zero attached hydrogens (tertiary/aromatic N) is 5. The van der Waals surface area contributed by atoms with Crippen molar-refractivity contribution in [2.45, 2.75) is 33.0 Å². The number of hydrazine groups is 1. The summed E-state index contributed by atoms with van der Waals surface area (Å²) in [5, 5.41) is 2.02. The molecule has 0 aliphatic carbocycles. The van der Waals surface area contributed by atoms with Gasteiger partial charge in [0.15, 0.2) is 0 Å². The number of nitrogens with one attached hydrogen (secondary N) is 1. The number of benzene rings is 1. The minimum Gasteiger partial charge on any atom is -0.342 e. The van der Waals surface area contributed by atoms with Gasteiger partial charge in [-0.25, -0.2) is 10.4 Å². The van der Waals surface area contributed by atoms with Gasteiger partial charge in [-0.3, -0.25) is 14.6 Å². The van der Waals surface area contributed by atoms with Crippen LogP contribution >= 0.6 is 0 Å². The zero-order chi connectivity index (χ0) is 24.4. The Morgan fingerprint density at radius 2 is 2.06 bits per heavy atom. The van der Waals surface area contributed by atoms with E-state index in [1.165, 1.54) is 0 Å². The van der Waals surface area contributed by atoms with Crippen LogP contribution in [0.15, 0.2) is 30.3 Å². The first-order valence-electron chi connectivity index (χ1n) is 11.9. The molecule has 2 aromatic rings. The van der Waals surface area contributed by atoms with Gasteiger partial charge in [-0.05, 0) is 38.6 Å². The Morgan fingerprint density at radius 3 is 2.76 bits per heavy atom. The lowest BCUT2D eigenvalue weighted by Gasteiger charge is -2.32. The van der Waals surface area contributed by atoms with Crippen LogP contribution in [0.3, 0.4) is 0 Å². The highest BCUT2D eigenvalue weighted by atomic mass is 16.2. The first kappa shape index (κ1) is 24.1. The summed E-state index contributed by atoms with van der Waals surface area (Å²) in [4.78, 5) is 36.4.